The van der Waals surface area contributed by atoms with E-state index in [4.69, 9.17) is 9.84 Å². The molecule has 3 N–H and O–H groups in total. The van der Waals surface area contributed by atoms with E-state index in [9.17, 15) is 4.79 Å². The second kappa shape index (κ2) is 11.7. The molecule has 0 saturated carbocycles. The zero-order valence-electron chi connectivity index (χ0n) is 18.4. The average Bonchev–Trinajstić information content (AvgIpc) is 3.46. The number of nitrogens with two attached hydrogens (primary N) is 1. The Morgan fingerprint density at radius 3 is 2.78 bits per heavy atom. The molecule has 2 aromatic heterocycles. The maximum Gasteiger partial charge on any atom is 0.356 e. The molecule has 0 unspecified atom stereocenters. The summed E-state index contributed by atoms with van der Waals surface area (Å²) in [5.41, 5.74) is 5.82. The van der Waals surface area contributed by atoms with Crippen LogP contribution in [0.25, 0.3) is 10.1 Å². The number of ether oxygens (including phenoxy) is 1. The number of benzene rings is 1. The van der Waals surface area contributed by atoms with E-state index in [2.05, 4.69) is 56.9 Å². The highest BCUT2D eigenvalue weighted by Crippen LogP contribution is 2.31. The fourth-order valence-electron chi connectivity index (χ4n) is 3.80. The second-order valence-corrected chi connectivity index (χ2v) is 8.23. The number of aromatic carboxylic acids is 1. The number of carboxylic acids is 1. The van der Waals surface area contributed by atoms with Crippen molar-refractivity contribution in [2.24, 2.45) is 5.73 Å². The zero-order valence-corrected chi connectivity index (χ0v) is 19.3. The first-order chi connectivity index (χ1) is 15.7. The van der Waals surface area contributed by atoms with Crippen LogP contribution in [0, 0.1) is 0 Å². The molecule has 0 radical (unpaired) electrons. The van der Waals surface area contributed by atoms with Gasteiger partial charge in [0.05, 0.1) is 13.2 Å². The van der Waals surface area contributed by atoms with Crippen LogP contribution in [0.4, 0.5) is 5.69 Å². The topological polar surface area (TPSA) is 96.8 Å². The standard InChI is InChI=1S/C22H26N4O3S.CH5N/c1-2-8-26-21(16-18(23-26)22(27)28)29-14-4-9-24-10-12-25(13-11-24)19-5-3-6-20-17(19)7-15-30-20;1-2/h2-3,5-7,15-16H,1,4,8-14H2,(H,27,28);2H2,1H3. The third-order valence-corrected chi connectivity index (χ3v) is 6.20. The number of hydrogen-bond donors (Lipinski definition) is 2. The van der Waals surface area contributed by atoms with Crippen molar-refractivity contribution in [2.75, 3.05) is 51.3 Å². The van der Waals surface area contributed by atoms with Gasteiger partial charge in [0.1, 0.15) is 0 Å². The summed E-state index contributed by atoms with van der Waals surface area (Å²) < 4.78 is 8.66. The van der Waals surface area contributed by atoms with Crippen LogP contribution in [-0.2, 0) is 6.54 Å². The predicted octanol–water partition coefficient (Wildman–Crippen LogP) is 3.15. The average molecular weight is 458 g/mol. The number of anilines is 1. The number of allylic oxidation sites excluding steroid dienone is 1. The van der Waals surface area contributed by atoms with Crippen LogP contribution in [0.15, 0.2) is 48.4 Å². The fraction of sp³-hybridized carbons (Fsp3) is 0.391. The largest absolute Gasteiger partial charge is 0.478 e. The number of rotatable bonds is 9. The van der Waals surface area contributed by atoms with Crippen molar-refractivity contribution in [1.29, 1.82) is 0 Å². The molecule has 1 saturated heterocycles. The van der Waals surface area contributed by atoms with E-state index in [1.54, 1.807) is 17.4 Å². The number of aromatic nitrogens is 2. The Morgan fingerprint density at radius 2 is 2.06 bits per heavy atom. The minimum absolute atomic E-state index is 0.0105. The summed E-state index contributed by atoms with van der Waals surface area (Å²) in [5.74, 6) is -0.584. The molecule has 4 rings (SSSR count). The van der Waals surface area contributed by atoms with E-state index >= 15 is 0 Å². The van der Waals surface area contributed by atoms with Crippen molar-refractivity contribution in [1.82, 2.24) is 14.7 Å². The van der Waals surface area contributed by atoms with E-state index in [0.717, 1.165) is 39.1 Å². The van der Waals surface area contributed by atoms with E-state index in [1.807, 2.05) is 0 Å². The lowest BCUT2D eigenvalue weighted by Crippen LogP contribution is -2.46. The Kier molecular flexibility index (Phi) is 8.66. The third-order valence-electron chi connectivity index (χ3n) is 5.32. The minimum Gasteiger partial charge on any atom is -0.478 e. The van der Waals surface area contributed by atoms with Gasteiger partial charge in [-0.3, -0.25) is 4.90 Å². The lowest BCUT2D eigenvalue weighted by molar-refractivity contribution is 0.0689. The van der Waals surface area contributed by atoms with Crippen LogP contribution in [0.5, 0.6) is 5.88 Å². The van der Waals surface area contributed by atoms with E-state index in [0.29, 0.717) is 19.0 Å². The van der Waals surface area contributed by atoms with Crippen LogP contribution >= 0.6 is 11.3 Å². The van der Waals surface area contributed by atoms with E-state index < -0.39 is 5.97 Å². The van der Waals surface area contributed by atoms with Gasteiger partial charge >= 0.3 is 5.97 Å². The first-order valence-corrected chi connectivity index (χ1v) is 11.6. The summed E-state index contributed by atoms with van der Waals surface area (Å²) in [4.78, 5) is 16.1. The van der Waals surface area contributed by atoms with Gasteiger partial charge in [-0.25, -0.2) is 9.48 Å². The van der Waals surface area contributed by atoms with Crippen LogP contribution in [-0.4, -0.2) is 72.1 Å². The highest BCUT2D eigenvalue weighted by Gasteiger charge is 2.19. The SMILES string of the molecule is C=CCn1nc(C(=O)O)cc1OCCCN1CCN(c2cccc3sccc23)CC1.CN. The molecular formula is C23H31N5O3S. The monoisotopic (exact) mass is 457 g/mol. The van der Waals surface area contributed by atoms with Gasteiger partial charge in [0.25, 0.3) is 0 Å². The highest BCUT2D eigenvalue weighted by atomic mass is 32.1. The molecule has 3 aromatic rings. The lowest BCUT2D eigenvalue weighted by Gasteiger charge is -2.36. The normalized spacial score (nSPS) is 14.1. The van der Waals surface area contributed by atoms with Crippen molar-refractivity contribution in [3.8, 4) is 5.88 Å². The number of carbonyl (C=O) groups is 1. The van der Waals surface area contributed by atoms with E-state index in [1.165, 1.54) is 33.6 Å². The molecule has 0 spiro atoms. The fourth-order valence-corrected chi connectivity index (χ4v) is 4.61. The number of thiophene rings is 1. The van der Waals surface area contributed by atoms with Crippen molar-refractivity contribution in [3.05, 3.63) is 54.1 Å². The molecule has 1 aromatic carbocycles. The number of piperazine rings is 1. The van der Waals surface area contributed by atoms with Crippen LogP contribution in [0.2, 0.25) is 0 Å². The Hall–Kier alpha value is -2.88. The van der Waals surface area contributed by atoms with Gasteiger partial charge in [0.15, 0.2) is 5.69 Å². The molecule has 1 aliphatic heterocycles. The van der Waals surface area contributed by atoms with Gasteiger partial charge in [-0.15, -0.1) is 17.9 Å². The van der Waals surface area contributed by atoms with Gasteiger partial charge in [0, 0.05) is 54.6 Å². The summed E-state index contributed by atoms with van der Waals surface area (Å²) in [5, 5.41) is 16.6. The number of nitrogens with zero attached hydrogens (tertiary/aromatic N) is 4. The Bertz CT molecular complexity index is 1020. The quantitative estimate of drug-likeness (QED) is 0.376. The Morgan fingerprint density at radius 1 is 1.28 bits per heavy atom. The smallest absolute Gasteiger partial charge is 0.356 e. The van der Waals surface area contributed by atoms with Crippen molar-refractivity contribution >= 4 is 33.1 Å². The minimum atomic E-state index is -1.06. The molecule has 32 heavy (non-hydrogen) atoms. The maximum atomic E-state index is 11.1. The molecule has 0 bridgehead atoms. The van der Waals surface area contributed by atoms with Crippen LogP contribution in [0.3, 0.4) is 0 Å². The summed E-state index contributed by atoms with van der Waals surface area (Å²) in [6.07, 6.45) is 2.55. The number of fused-ring (bicyclic) bond motifs is 1. The molecule has 0 aliphatic carbocycles. The molecule has 8 nitrogen and oxygen atoms in total. The van der Waals surface area contributed by atoms with Crippen molar-refractivity contribution in [3.63, 3.8) is 0 Å². The van der Waals surface area contributed by atoms with Gasteiger partial charge in [-0.05, 0) is 37.0 Å². The first-order valence-electron chi connectivity index (χ1n) is 10.7. The van der Waals surface area contributed by atoms with Gasteiger partial charge in [-0.2, -0.15) is 5.10 Å². The molecule has 172 valence electrons. The Balaban J connectivity index is 0.00000141. The molecule has 1 aliphatic rings. The molecule has 9 heteroatoms. The van der Waals surface area contributed by atoms with Gasteiger partial charge in [0.2, 0.25) is 5.88 Å². The third kappa shape index (κ3) is 5.67. The van der Waals surface area contributed by atoms with Gasteiger partial charge in [-0.1, -0.05) is 12.1 Å². The summed E-state index contributed by atoms with van der Waals surface area (Å²) in [6, 6.07) is 10.2. The molecule has 0 amide bonds. The van der Waals surface area contributed by atoms with Crippen LogP contribution < -0.4 is 15.4 Å². The van der Waals surface area contributed by atoms with Crippen molar-refractivity contribution < 1.29 is 14.6 Å². The number of carboxylic acid groups (broad SMARTS) is 1. The second-order valence-electron chi connectivity index (χ2n) is 7.28. The molecule has 0 atom stereocenters. The molecule has 1 fully saturated rings. The lowest BCUT2D eigenvalue weighted by atomic mass is 10.2. The highest BCUT2D eigenvalue weighted by molar-refractivity contribution is 7.17. The zero-order chi connectivity index (χ0) is 22.9. The summed E-state index contributed by atoms with van der Waals surface area (Å²) in [6.45, 7) is 9.66. The number of hydrogen-bond acceptors (Lipinski definition) is 7. The molecular weight excluding hydrogens is 426 g/mol. The Labute approximate surface area is 192 Å². The summed E-state index contributed by atoms with van der Waals surface area (Å²) in [7, 11) is 1.50. The molecule has 3 heterocycles. The maximum absolute atomic E-state index is 11.1. The predicted molar refractivity (Wildman–Crippen MR) is 130 cm³/mol. The first kappa shape index (κ1) is 23.8. The summed E-state index contributed by atoms with van der Waals surface area (Å²) >= 11 is 1.79. The van der Waals surface area contributed by atoms with E-state index in [-0.39, 0.29) is 5.69 Å². The van der Waals surface area contributed by atoms with Gasteiger partial charge < -0.3 is 20.5 Å². The van der Waals surface area contributed by atoms with Crippen molar-refractivity contribution in [2.45, 2.75) is 13.0 Å². The van der Waals surface area contributed by atoms with Crippen LogP contribution in [0.1, 0.15) is 16.9 Å².